The highest BCUT2D eigenvalue weighted by atomic mass is 16.3. The maximum absolute atomic E-state index is 12.7. The molecule has 2 aromatic carbocycles. The van der Waals surface area contributed by atoms with E-state index in [0.717, 1.165) is 17.5 Å². The van der Waals surface area contributed by atoms with Gasteiger partial charge < -0.3 is 10.4 Å². The third-order valence-electron chi connectivity index (χ3n) is 4.53. The molecule has 0 aliphatic heterocycles. The predicted molar refractivity (Wildman–Crippen MR) is 108 cm³/mol. The summed E-state index contributed by atoms with van der Waals surface area (Å²) in [6, 6.07) is 13.8. The van der Waals surface area contributed by atoms with E-state index < -0.39 is 0 Å². The lowest BCUT2D eigenvalue weighted by atomic mass is 9.78. The third kappa shape index (κ3) is 4.87. The Labute approximate surface area is 157 Å². The van der Waals surface area contributed by atoms with Gasteiger partial charge in [-0.1, -0.05) is 71.9 Å². The highest BCUT2D eigenvalue weighted by Crippen LogP contribution is 2.39. The van der Waals surface area contributed by atoms with Crippen molar-refractivity contribution in [2.75, 3.05) is 6.54 Å². The van der Waals surface area contributed by atoms with E-state index in [2.05, 4.69) is 17.4 Å². The standard InChI is InChI=1S/C23H31NO2/c1-22(2,3)18-14-17(15-19(20(18)25)23(4,5)6)21(26)24-13-12-16-10-8-7-9-11-16/h7-11,14-15,25H,12-13H2,1-6H3,(H,24,26). The van der Waals surface area contributed by atoms with Gasteiger partial charge in [-0.2, -0.15) is 0 Å². The molecule has 3 nitrogen and oxygen atoms in total. The Morgan fingerprint density at radius 3 is 1.88 bits per heavy atom. The van der Waals surface area contributed by atoms with E-state index in [1.165, 1.54) is 5.56 Å². The van der Waals surface area contributed by atoms with Crippen LogP contribution in [-0.2, 0) is 17.3 Å². The smallest absolute Gasteiger partial charge is 0.251 e. The Kier molecular flexibility index (Phi) is 5.80. The second kappa shape index (κ2) is 7.53. The molecule has 2 rings (SSSR count). The second-order valence-electron chi connectivity index (χ2n) is 8.91. The molecule has 2 aromatic rings. The van der Waals surface area contributed by atoms with Gasteiger partial charge in [0.15, 0.2) is 0 Å². The fourth-order valence-electron chi connectivity index (χ4n) is 2.98. The van der Waals surface area contributed by atoms with E-state index in [4.69, 9.17) is 0 Å². The summed E-state index contributed by atoms with van der Waals surface area (Å²) in [7, 11) is 0. The van der Waals surface area contributed by atoms with E-state index in [-0.39, 0.29) is 16.7 Å². The van der Waals surface area contributed by atoms with Crippen molar-refractivity contribution in [2.24, 2.45) is 0 Å². The molecule has 0 spiro atoms. The molecular weight excluding hydrogens is 322 g/mol. The number of hydrogen-bond acceptors (Lipinski definition) is 2. The fraction of sp³-hybridized carbons (Fsp3) is 0.435. The fourth-order valence-corrected chi connectivity index (χ4v) is 2.98. The first kappa shape index (κ1) is 20.0. The summed E-state index contributed by atoms with van der Waals surface area (Å²) in [5.41, 5.74) is 2.92. The van der Waals surface area contributed by atoms with Gasteiger partial charge in [-0.15, -0.1) is 0 Å². The summed E-state index contributed by atoms with van der Waals surface area (Å²) in [6.07, 6.45) is 0.795. The molecule has 3 heteroatoms. The molecule has 0 atom stereocenters. The Hall–Kier alpha value is -2.29. The van der Waals surface area contributed by atoms with E-state index in [1.54, 1.807) is 0 Å². The van der Waals surface area contributed by atoms with Crippen LogP contribution in [0.1, 0.15) is 68.6 Å². The molecule has 140 valence electrons. The van der Waals surface area contributed by atoms with Gasteiger partial charge in [-0.25, -0.2) is 0 Å². The van der Waals surface area contributed by atoms with Crippen LogP contribution in [0, 0.1) is 0 Å². The van der Waals surface area contributed by atoms with Gasteiger partial charge in [-0.05, 0) is 34.9 Å². The zero-order chi connectivity index (χ0) is 19.5. The third-order valence-corrected chi connectivity index (χ3v) is 4.53. The van der Waals surface area contributed by atoms with Crippen LogP contribution in [0.4, 0.5) is 0 Å². The number of aromatic hydroxyl groups is 1. The lowest BCUT2D eigenvalue weighted by molar-refractivity contribution is 0.0954. The van der Waals surface area contributed by atoms with Crippen molar-refractivity contribution in [1.82, 2.24) is 5.32 Å². The first-order chi connectivity index (χ1) is 12.0. The normalized spacial score (nSPS) is 12.1. The number of benzene rings is 2. The molecule has 0 unspecified atom stereocenters. The van der Waals surface area contributed by atoms with Crippen LogP contribution < -0.4 is 5.32 Å². The molecular formula is C23H31NO2. The second-order valence-corrected chi connectivity index (χ2v) is 8.91. The minimum atomic E-state index is -0.246. The van der Waals surface area contributed by atoms with E-state index in [1.807, 2.05) is 71.9 Å². The Morgan fingerprint density at radius 2 is 1.42 bits per heavy atom. The first-order valence-corrected chi connectivity index (χ1v) is 9.20. The van der Waals surface area contributed by atoms with Crippen LogP contribution in [0.25, 0.3) is 0 Å². The number of phenols is 1. The summed E-state index contributed by atoms with van der Waals surface area (Å²) in [4.78, 5) is 12.7. The summed E-state index contributed by atoms with van der Waals surface area (Å²) < 4.78 is 0. The maximum Gasteiger partial charge on any atom is 0.251 e. The predicted octanol–water partition coefficient (Wildman–Crippen LogP) is 4.96. The highest BCUT2D eigenvalue weighted by Gasteiger charge is 2.27. The summed E-state index contributed by atoms with van der Waals surface area (Å²) in [5, 5.41) is 13.8. The number of carbonyl (C=O) groups excluding carboxylic acids is 1. The van der Waals surface area contributed by atoms with Gasteiger partial charge in [0.2, 0.25) is 0 Å². The average Bonchev–Trinajstić information content (AvgIpc) is 2.53. The minimum absolute atomic E-state index is 0.100. The number of carbonyl (C=O) groups is 1. The molecule has 1 amide bonds. The number of rotatable bonds is 4. The SMILES string of the molecule is CC(C)(C)c1cc(C(=O)NCCc2ccccc2)cc(C(C)(C)C)c1O. The Balaban J connectivity index is 2.26. The van der Waals surface area contributed by atoms with Crippen molar-refractivity contribution in [3.05, 3.63) is 64.7 Å². The first-order valence-electron chi connectivity index (χ1n) is 9.20. The van der Waals surface area contributed by atoms with Crippen molar-refractivity contribution in [3.8, 4) is 5.75 Å². The molecule has 0 aliphatic rings. The monoisotopic (exact) mass is 353 g/mol. The molecule has 0 radical (unpaired) electrons. The topological polar surface area (TPSA) is 49.3 Å². The van der Waals surface area contributed by atoms with Gasteiger partial charge in [0.1, 0.15) is 5.75 Å². The van der Waals surface area contributed by atoms with E-state index >= 15 is 0 Å². The number of phenolic OH excluding ortho intramolecular Hbond substituents is 1. The number of nitrogens with one attached hydrogen (secondary N) is 1. The summed E-state index contributed by atoms with van der Waals surface area (Å²) in [5.74, 6) is 0.197. The van der Waals surface area contributed by atoms with Gasteiger partial charge in [-0.3, -0.25) is 4.79 Å². The molecule has 0 bridgehead atoms. The zero-order valence-electron chi connectivity index (χ0n) is 16.8. The van der Waals surface area contributed by atoms with Crippen molar-refractivity contribution in [1.29, 1.82) is 0 Å². The minimum Gasteiger partial charge on any atom is -0.507 e. The Morgan fingerprint density at radius 1 is 0.923 bits per heavy atom. The molecule has 0 fully saturated rings. The van der Waals surface area contributed by atoms with Crippen molar-refractivity contribution in [3.63, 3.8) is 0 Å². The van der Waals surface area contributed by atoms with Crippen LogP contribution in [-0.4, -0.2) is 17.6 Å². The van der Waals surface area contributed by atoms with Crippen LogP contribution in [0.5, 0.6) is 5.75 Å². The van der Waals surface area contributed by atoms with Crippen LogP contribution in [0.2, 0.25) is 0 Å². The molecule has 2 N–H and O–H groups in total. The molecule has 0 saturated carbocycles. The van der Waals surface area contributed by atoms with Crippen LogP contribution >= 0.6 is 0 Å². The van der Waals surface area contributed by atoms with E-state index in [0.29, 0.717) is 17.9 Å². The lowest BCUT2D eigenvalue weighted by Gasteiger charge is -2.28. The summed E-state index contributed by atoms with van der Waals surface area (Å²) >= 11 is 0. The summed E-state index contributed by atoms with van der Waals surface area (Å²) in [6.45, 7) is 12.9. The van der Waals surface area contributed by atoms with Crippen LogP contribution in [0.15, 0.2) is 42.5 Å². The molecule has 26 heavy (non-hydrogen) atoms. The Bertz CT molecular complexity index is 730. The van der Waals surface area contributed by atoms with Crippen molar-refractivity contribution in [2.45, 2.75) is 58.8 Å². The quantitative estimate of drug-likeness (QED) is 0.816. The molecule has 0 aromatic heterocycles. The van der Waals surface area contributed by atoms with Crippen molar-refractivity contribution >= 4 is 5.91 Å². The van der Waals surface area contributed by atoms with Gasteiger partial charge in [0.25, 0.3) is 5.91 Å². The highest BCUT2D eigenvalue weighted by molar-refractivity contribution is 5.95. The molecule has 0 aliphatic carbocycles. The van der Waals surface area contributed by atoms with Gasteiger partial charge >= 0.3 is 0 Å². The average molecular weight is 354 g/mol. The largest absolute Gasteiger partial charge is 0.507 e. The number of hydrogen-bond donors (Lipinski definition) is 2. The zero-order valence-corrected chi connectivity index (χ0v) is 16.8. The number of amides is 1. The van der Waals surface area contributed by atoms with Crippen LogP contribution in [0.3, 0.4) is 0 Å². The maximum atomic E-state index is 12.7. The molecule has 0 heterocycles. The van der Waals surface area contributed by atoms with Gasteiger partial charge in [0.05, 0.1) is 0 Å². The van der Waals surface area contributed by atoms with Crippen molar-refractivity contribution < 1.29 is 9.90 Å². The lowest BCUT2D eigenvalue weighted by Crippen LogP contribution is -2.27. The molecule has 0 saturated heterocycles. The van der Waals surface area contributed by atoms with Gasteiger partial charge in [0, 0.05) is 23.2 Å². The van der Waals surface area contributed by atoms with E-state index in [9.17, 15) is 9.90 Å².